The summed E-state index contributed by atoms with van der Waals surface area (Å²) in [5.41, 5.74) is 5.30. The zero-order valence-electron chi connectivity index (χ0n) is 12.5. The lowest BCUT2D eigenvalue weighted by Gasteiger charge is -2.19. The van der Waals surface area contributed by atoms with E-state index in [1.165, 1.54) is 11.8 Å². The molecule has 0 aliphatic carbocycles. The second kappa shape index (κ2) is 11.1. The third kappa shape index (κ3) is 10.8. The van der Waals surface area contributed by atoms with Crippen LogP contribution in [0.3, 0.4) is 0 Å². The minimum atomic E-state index is -1.21. The highest BCUT2D eigenvalue weighted by atomic mass is 32.2. The Morgan fingerprint density at radius 2 is 1.87 bits per heavy atom. The molecule has 1 unspecified atom stereocenters. The summed E-state index contributed by atoms with van der Waals surface area (Å²) in [6.07, 6.45) is -0.224. The predicted molar refractivity (Wildman–Crippen MR) is 88.3 cm³/mol. The van der Waals surface area contributed by atoms with Crippen LogP contribution in [0.4, 0.5) is 0 Å². The highest BCUT2D eigenvalue weighted by Gasteiger charge is 2.22. The fraction of sp³-hybridized carbons (Fsp3) is 0.667. The molecule has 23 heavy (non-hydrogen) atoms. The number of aliphatic carboxylic acids is 2. The number of amides is 2. The maximum atomic E-state index is 11.9. The molecule has 0 aromatic rings. The maximum absolute atomic E-state index is 11.9. The number of rotatable bonds is 11. The van der Waals surface area contributed by atoms with Gasteiger partial charge in [-0.3, -0.25) is 19.2 Å². The normalized spacial score (nSPS) is 14.4. The molecule has 0 radical (unpaired) electrons. The van der Waals surface area contributed by atoms with Crippen molar-refractivity contribution in [2.75, 3.05) is 12.3 Å². The number of nitrogens with two attached hydrogens (primary N) is 1. The van der Waals surface area contributed by atoms with E-state index in [-0.39, 0.29) is 23.2 Å². The molecule has 0 aliphatic rings. The Kier molecular flexibility index (Phi) is 10.4. The van der Waals surface area contributed by atoms with Gasteiger partial charge in [0.2, 0.25) is 11.8 Å². The highest BCUT2D eigenvalue weighted by Crippen LogP contribution is 2.14. The molecule has 0 rings (SSSR count). The Hall–Kier alpha value is -1.46. The molecule has 0 bridgehead atoms. The minimum absolute atomic E-state index is 0.0687. The van der Waals surface area contributed by atoms with Gasteiger partial charge >= 0.3 is 11.9 Å². The van der Waals surface area contributed by atoms with Crippen molar-refractivity contribution < 1.29 is 29.4 Å². The molecule has 0 aromatic carbocycles. The Morgan fingerprint density at radius 1 is 1.26 bits per heavy atom. The van der Waals surface area contributed by atoms with Crippen molar-refractivity contribution in [1.29, 1.82) is 0 Å². The molecule has 0 fully saturated rings. The topological polar surface area (TPSA) is 159 Å². The Bertz CT molecular complexity index is 447. The monoisotopic (exact) mass is 367 g/mol. The first kappa shape index (κ1) is 21.5. The van der Waals surface area contributed by atoms with Gasteiger partial charge < -0.3 is 26.6 Å². The number of carboxylic acids is 2. The van der Waals surface area contributed by atoms with Gasteiger partial charge in [-0.2, -0.15) is 12.6 Å². The first-order chi connectivity index (χ1) is 10.6. The van der Waals surface area contributed by atoms with E-state index in [0.717, 1.165) is 0 Å². The van der Waals surface area contributed by atoms with E-state index in [9.17, 15) is 19.2 Å². The summed E-state index contributed by atoms with van der Waals surface area (Å²) < 4.78 is -0.0814. The molecule has 0 aliphatic heterocycles. The van der Waals surface area contributed by atoms with Crippen molar-refractivity contribution in [2.45, 2.75) is 36.4 Å². The quantitative estimate of drug-likeness (QED) is 0.198. The number of nitrogens with one attached hydrogen (secondary N) is 2. The van der Waals surface area contributed by atoms with Gasteiger partial charge in [0, 0.05) is 16.8 Å². The van der Waals surface area contributed by atoms with Crippen molar-refractivity contribution in [3.63, 3.8) is 0 Å². The number of carbonyl (C=O) groups is 4. The van der Waals surface area contributed by atoms with Crippen LogP contribution < -0.4 is 16.4 Å². The van der Waals surface area contributed by atoms with Crippen molar-refractivity contribution in [2.24, 2.45) is 5.73 Å². The summed E-state index contributed by atoms with van der Waals surface area (Å²) >= 11 is 5.45. The van der Waals surface area contributed by atoms with Gasteiger partial charge in [0.25, 0.3) is 0 Å². The number of thiol groups is 1. The van der Waals surface area contributed by atoms with E-state index in [4.69, 9.17) is 15.9 Å². The average molecular weight is 367 g/mol. The smallest absolute Gasteiger partial charge is 0.322 e. The first-order valence-electron chi connectivity index (χ1n) is 6.70. The van der Waals surface area contributed by atoms with Crippen LogP contribution in [0.15, 0.2) is 0 Å². The molecule has 132 valence electrons. The lowest BCUT2D eigenvalue weighted by molar-refractivity contribution is -0.139. The van der Waals surface area contributed by atoms with Crippen LogP contribution in [-0.2, 0) is 19.2 Å². The summed E-state index contributed by atoms with van der Waals surface area (Å²) in [7, 11) is 0. The summed E-state index contributed by atoms with van der Waals surface area (Å²) in [5.74, 6) is -3.39. The van der Waals surface area contributed by atoms with Gasteiger partial charge in [0.1, 0.15) is 18.6 Å². The van der Waals surface area contributed by atoms with E-state index in [1.807, 2.05) is 0 Å². The van der Waals surface area contributed by atoms with Crippen molar-refractivity contribution >= 4 is 48.1 Å². The molecule has 0 spiro atoms. The Labute approximate surface area is 143 Å². The van der Waals surface area contributed by atoms with Gasteiger partial charge in [0.05, 0.1) is 0 Å². The lowest BCUT2D eigenvalue weighted by atomic mass is 10.1. The first-order valence-corrected chi connectivity index (χ1v) is 8.27. The number of thioether (sulfide) groups is 1. The van der Waals surface area contributed by atoms with Crippen LogP contribution in [0.5, 0.6) is 0 Å². The third-order valence-electron chi connectivity index (χ3n) is 2.57. The largest absolute Gasteiger partial charge is 0.480 e. The Balaban J connectivity index is 4.54. The molecule has 3 atom stereocenters. The van der Waals surface area contributed by atoms with Crippen LogP contribution in [0.1, 0.15) is 19.8 Å². The predicted octanol–water partition coefficient (Wildman–Crippen LogP) is -1.13. The zero-order valence-corrected chi connectivity index (χ0v) is 14.2. The van der Waals surface area contributed by atoms with Crippen LogP contribution in [0.2, 0.25) is 0 Å². The fourth-order valence-electron chi connectivity index (χ4n) is 1.38. The molecule has 9 nitrogen and oxygen atoms in total. The third-order valence-corrected chi connectivity index (χ3v) is 4.02. The van der Waals surface area contributed by atoms with Gasteiger partial charge in [-0.25, -0.2) is 0 Å². The second-order valence-corrected chi connectivity index (χ2v) is 7.15. The summed E-state index contributed by atoms with van der Waals surface area (Å²) in [4.78, 5) is 44.7. The molecule has 0 heterocycles. The number of hydrogen-bond acceptors (Lipinski definition) is 7. The van der Waals surface area contributed by atoms with Gasteiger partial charge in [0.15, 0.2) is 0 Å². The van der Waals surface area contributed by atoms with E-state index >= 15 is 0 Å². The highest BCUT2D eigenvalue weighted by molar-refractivity contribution is 8.10. The van der Waals surface area contributed by atoms with E-state index in [2.05, 4.69) is 23.3 Å². The maximum Gasteiger partial charge on any atom is 0.322 e. The number of carboxylic acid groups (broad SMARTS) is 2. The zero-order chi connectivity index (χ0) is 18.0. The van der Waals surface area contributed by atoms with Gasteiger partial charge in [-0.1, -0.05) is 0 Å². The minimum Gasteiger partial charge on any atom is -0.480 e. The van der Waals surface area contributed by atoms with Crippen LogP contribution >= 0.6 is 24.4 Å². The summed E-state index contributed by atoms with van der Waals surface area (Å²) in [6, 6.07) is -2.10. The molecule has 0 aromatic heterocycles. The van der Waals surface area contributed by atoms with Crippen LogP contribution in [-0.4, -0.2) is 62.9 Å². The molecule has 0 saturated heterocycles. The van der Waals surface area contributed by atoms with Crippen molar-refractivity contribution in [3.8, 4) is 0 Å². The lowest BCUT2D eigenvalue weighted by Crippen LogP contribution is -2.49. The van der Waals surface area contributed by atoms with E-state index in [1.54, 1.807) is 6.92 Å². The SMILES string of the molecule is CC(S)SC[C@H](NC(=O)CC[C@H](N)C(=O)O)C(=O)NCC(=O)O. The van der Waals surface area contributed by atoms with E-state index < -0.39 is 42.4 Å². The van der Waals surface area contributed by atoms with E-state index in [0.29, 0.717) is 0 Å². The molecule has 0 saturated carbocycles. The molecular weight excluding hydrogens is 346 g/mol. The molecule has 6 N–H and O–H groups in total. The van der Waals surface area contributed by atoms with Crippen LogP contribution in [0.25, 0.3) is 0 Å². The molecular formula is C12H21N3O6S2. The Morgan fingerprint density at radius 3 is 2.35 bits per heavy atom. The second-order valence-electron chi connectivity index (χ2n) is 4.65. The molecule has 2 amide bonds. The fourth-order valence-corrected chi connectivity index (χ4v) is 2.34. The van der Waals surface area contributed by atoms with Gasteiger partial charge in [-0.15, -0.1) is 11.8 Å². The number of carbonyl (C=O) groups excluding carboxylic acids is 2. The average Bonchev–Trinajstić information content (AvgIpc) is 2.45. The van der Waals surface area contributed by atoms with Crippen LogP contribution in [0, 0.1) is 0 Å². The van der Waals surface area contributed by atoms with Crippen molar-refractivity contribution in [1.82, 2.24) is 10.6 Å². The summed E-state index contributed by atoms with van der Waals surface area (Å²) in [6.45, 7) is 1.23. The summed E-state index contributed by atoms with van der Waals surface area (Å²) in [5, 5.41) is 21.8. The molecule has 11 heteroatoms. The van der Waals surface area contributed by atoms with Crippen molar-refractivity contribution in [3.05, 3.63) is 0 Å². The number of hydrogen-bond donors (Lipinski definition) is 6. The van der Waals surface area contributed by atoms with Gasteiger partial charge in [-0.05, 0) is 13.3 Å². The standard InChI is InChI=1S/C12H21N3O6S2/c1-6(22)23-5-8(11(19)14-4-10(17)18)15-9(16)3-2-7(13)12(20)21/h6-8,22H,2-5,13H2,1H3,(H,14,19)(H,15,16)(H,17,18)(H,20,21)/t6?,7-,8-/m0/s1.